The number of amides is 1. The molecule has 1 amide bonds. The van der Waals surface area contributed by atoms with Crippen molar-refractivity contribution in [3.63, 3.8) is 0 Å². The van der Waals surface area contributed by atoms with E-state index in [1.54, 1.807) is 90.1 Å². The number of nitrogens with two attached hydrogens (primary N) is 1. The molecule has 0 bridgehead atoms. The van der Waals surface area contributed by atoms with Gasteiger partial charge in [0, 0.05) is 47.5 Å². The van der Waals surface area contributed by atoms with E-state index in [-0.39, 0.29) is 53.2 Å². The highest BCUT2D eigenvalue weighted by molar-refractivity contribution is 6.01. The fourth-order valence-electron chi connectivity index (χ4n) is 5.22. The van der Waals surface area contributed by atoms with Gasteiger partial charge in [-0.2, -0.15) is 0 Å². The van der Waals surface area contributed by atoms with Gasteiger partial charge in [0.15, 0.2) is 5.60 Å². The Morgan fingerprint density at radius 1 is 0.735 bits per heavy atom. The number of rotatable bonds is 11. The lowest BCUT2D eigenvalue weighted by Crippen LogP contribution is -2.33. The van der Waals surface area contributed by atoms with Gasteiger partial charge in [-0.05, 0) is 77.9 Å². The third-order valence-electron chi connectivity index (χ3n) is 7.82. The van der Waals surface area contributed by atoms with Gasteiger partial charge in [0.25, 0.3) is 5.91 Å². The number of ether oxygens (including phenoxy) is 6. The average Bonchev–Trinajstić information content (AvgIpc) is 3.32. The van der Waals surface area contributed by atoms with Crippen LogP contribution >= 0.6 is 0 Å². The molecule has 3 N–H and O–H groups in total. The van der Waals surface area contributed by atoms with Crippen LogP contribution in [0.4, 0.5) is 0 Å². The van der Waals surface area contributed by atoms with E-state index in [0.717, 1.165) is 0 Å². The van der Waals surface area contributed by atoms with E-state index in [1.807, 2.05) is 0 Å². The SMILES string of the molecule is CC(C)(C)C(=O)Oc1ccc2c(c1)Oc1cc(OC(=O)C(C)(C)C)ccc1C21OC(=O)c2cc(C(=O)NCCOCCOCCN)ccc21. The van der Waals surface area contributed by atoms with Gasteiger partial charge in [-0.3, -0.25) is 14.4 Å². The number of fused-ring (bicyclic) bond motifs is 6. The minimum Gasteiger partial charge on any atom is -0.456 e. The summed E-state index contributed by atoms with van der Waals surface area (Å²) >= 11 is 0. The molecule has 3 aromatic rings. The first-order valence-electron chi connectivity index (χ1n) is 16.1. The van der Waals surface area contributed by atoms with E-state index >= 15 is 0 Å². The Morgan fingerprint density at radius 3 is 1.80 bits per heavy atom. The molecule has 260 valence electrons. The highest BCUT2D eigenvalue weighted by Gasteiger charge is 2.54. The summed E-state index contributed by atoms with van der Waals surface area (Å²) < 4.78 is 34.6. The molecule has 0 radical (unpaired) electrons. The molecule has 0 aliphatic carbocycles. The van der Waals surface area contributed by atoms with Crippen LogP contribution in [0, 0.1) is 10.8 Å². The van der Waals surface area contributed by atoms with Crippen molar-refractivity contribution < 1.29 is 47.6 Å². The predicted octanol–water partition coefficient (Wildman–Crippen LogP) is 4.88. The van der Waals surface area contributed by atoms with Crippen molar-refractivity contribution in [2.24, 2.45) is 16.6 Å². The zero-order valence-corrected chi connectivity index (χ0v) is 28.6. The van der Waals surface area contributed by atoms with Gasteiger partial charge in [0.05, 0.1) is 42.8 Å². The Balaban J connectivity index is 1.48. The first kappa shape index (κ1) is 35.5. The minimum absolute atomic E-state index is 0.200. The molecule has 0 aromatic heterocycles. The van der Waals surface area contributed by atoms with Crippen LogP contribution in [0.1, 0.15) is 78.9 Å². The molecule has 2 heterocycles. The molecule has 12 nitrogen and oxygen atoms in total. The maximum absolute atomic E-state index is 13.6. The van der Waals surface area contributed by atoms with Crippen molar-refractivity contribution in [1.29, 1.82) is 0 Å². The highest BCUT2D eigenvalue weighted by atomic mass is 16.6. The van der Waals surface area contributed by atoms with Gasteiger partial charge < -0.3 is 39.5 Å². The Hall–Kier alpha value is -4.78. The molecule has 3 aromatic carbocycles. The number of hydrogen-bond donors (Lipinski definition) is 2. The molecule has 12 heteroatoms. The van der Waals surface area contributed by atoms with E-state index in [0.29, 0.717) is 43.1 Å². The quantitative estimate of drug-likeness (QED) is 0.162. The van der Waals surface area contributed by atoms with Crippen LogP contribution < -0.4 is 25.3 Å². The molecule has 0 unspecified atom stereocenters. The third-order valence-corrected chi connectivity index (χ3v) is 7.82. The zero-order chi connectivity index (χ0) is 35.6. The molecule has 2 aliphatic rings. The molecule has 0 saturated heterocycles. The topological polar surface area (TPSA) is 162 Å². The summed E-state index contributed by atoms with van der Waals surface area (Å²) in [5, 5.41) is 2.79. The first-order valence-corrected chi connectivity index (χ1v) is 16.1. The van der Waals surface area contributed by atoms with Crippen LogP contribution in [0.2, 0.25) is 0 Å². The largest absolute Gasteiger partial charge is 0.456 e. The van der Waals surface area contributed by atoms with Crippen molar-refractivity contribution in [2.75, 3.05) is 39.5 Å². The minimum atomic E-state index is -1.48. The van der Waals surface area contributed by atoms with Crippen LogP contribution in [-0.4, -0.2) is 63.3 Å². The van der Waals surface area contributed by atoms with E-state index in [9.17, 15) is 19.2 Å². The number of carbonyl (C=O) groups excluding carboxylic acids is 4. The van der Waals surface area contributed by atoms with E-state index in [2.05, 4.69) is 5.32 Å². The zero-order valence-electron chi connectivity index (χ0n) is 28.6. The van der Waals surface area contributed by atoms with Gasteiger partial charge in [-0.25, -0.2) is 4.79 Å². The Morgan fingerprint density at radius 2 is 1.27 bits per heavy atom. The standard InChI is InChI=1S/C37H42N2O10/c1-35(2,3)33(42)46-23-8-11-27-29(20-23)48-30-21-24(47-34(43)36(4,5)6)9-12-28(30)37(27)26-10-7-22(19-25(26)32(41)49-37)31(40)39-14-16-45-18-17-44-15-13-38/h7-12,19-21H,13-18,38H2,1-6H3,(H,39,40). The number of esters is 3. The fourth-order valence-corrected chi connectivity index (χ4v) is 5.22. The normalized spacial score (nSPS) is 14.2. The second-order valence-electron chi connectivity index (χ2n) is 13.8. The number of benzene rings is 3. The number of nitrogens with one attached hydrogen (secondary N) is 1. The molecule has 0 atom stereocenters. The molecule has 2 aliphatic heterocycles. The maximum atomic E-state index is 13.6. The van der Waals surface area contributed by atoms with Gasteiger partial charge in [-0.15, -0.1) is 0 Å². The molecule has 5 rings (SSSR count). The lowest BCUT2D eigenvalue weighted by Gasteiger charge is -2.36. The van der Waals surface area contributed by atoms with Crippen molar-refractivity contribution in [3.05, 3.63) is 82.4 Å². The lowest BCUT2D eigenvalue weighted by molar-refractivity contribution is -0.143. The summed E-state index contributed by atoms with van der Waals surface area (Å²) in [6.45, 7) is 12.7. The van der Waals surface area contributed by atoms with Crippen molar-refractivity contribution in [1.82, 2.24) is 5.32 Å². The Bertz CT molecular complexity index is 1690. The van der Waals surface area contributed by atoms with Gasteiger partial charge in [-0.1, -0.05) is 6.07 Å². The molecule has 49 heavy (non-hydrogen) atoms. The van der Waals surface area contributed by atoms with Crippen molar-refractivity contribution in [3.8, 4) is 23.0 Å². The molecule has 0 fully saturated rings. The van der Waals surface area contributed by atoms with E-state index < -0.39 is 34.3 Å². The maximum Gasteiger partial charge on any atom is 0.340 e. The van der Waals surface area contributed by atoms with Gasteiger partial charge >= 0.3 is 17.9 Å². The van der Waals surface area contributed by atoms with E-state index in [4.69, 9.17) is 34.2 Å². The first-order chi connectivity index (χ1) is 23.1. The van der Waals surface area contributed by atoms with Gasteiger partial charge in [0.1, 0.15) is 23.0 Å². The molecular formula is C37H42N2O10. The second kappa shape index (κ2) is 14.0. The Kier molecular flexibility index (Phi) is 10.1. The average molecular weight is 675 g/mol. The summed E-state index contributed by atoms with van der Waals surface area (Å²) in [5.41, 5.74) is 4.30. The third kappa shape index (κ3) is 7.46. The summed E-state index contributed by atoms with van der Waals surface area (Å²) in [7, 11) is 0. The van der Waals surface area contributed by atoms with Crippen LogP contribution in [0.5, 0.6) is 23.0 Å². The summed E-state index contributed by atoms with van der Waals surface area (Å²) in [6, 6.07) is 14.5. The van der Waals surface area contributed by atoms with Gasteiger partial charge in [0.2, 0.25) is 0 Å². The molecule has 1 spiro atoms. The number of hydrogen-bond acceptors (Lipinski definition) is 11. The smallest absolute Gasteiger partial charge is 0.340 e. The van der Waals surface area contributed by atoms with Crippen LogP contribution in [0.3, 0.4) is 0 Å². The molecule has 0 saturated carbocycles. The van der Waals surface area contributed by atoms with E-state index in [1.165, 1.54) is 6.07 Å². The van der Waals surface area contributed by atoms with Crippen LogP contribution in [0.15, 0.2) is 54.6 Å². The predicted molar refractivity (Wildman–Crippen MR) is 178 cm³/mol. The fraction of sp³-hybridized carbons (Fsp3) is 0.405. The lowest BCUT2D eigenvalue weighted by atomic mass is 9.77. The summed E-state index contributed by atoms with van der Waals surface area (Å²) in [5.74, 6) is -0.919. The summed E-state index contributed by atoms with van der Waals surface area (Å²) in [4.78, 5) is 52.0. The monoisotopic (exact) mass is 674 g/mol. The van der Waals surface area contributed by atoms with Crippen LogP contribution in [-0.2, 0) is 29.4 Å². The number of carbonyl (C=O) groups is 4. The second-order valence-corrected chi connectivity index (χ2v) is 13.8. The van der Waals surface area contributed by atoms with Crippen molar-refractivity contribution >= 4 is 23.8 Å². The molecular weight excluding hydrogens is 632 g/mol. The van der Waals surface area contributed by atoms with Crippen LogP contribution in [0.25, 0.3) is 0 Å². The van der Waals surface area contributed by atoms with Crippen molar-refractivity contribution in [2.45, 2.75) is 47.1 Å². The summed E-state index contributed by atoms with van der Waals surface area (Å²) in [6.07, 6.45) is 0. The Labute approximate surface area is 285 Å². The highest BCUT2D eigenvalue weighted by Crippen LogP contribution is 2.57.